The molecule has 3 rings (SSSR count). The summed E-state index contributed by atoms with van der Waals surface area (Å²) < 4.78 is 12.5. The summed E-state index contributed by atoms with van der Waals surface area (Å²) in [5.41, 5.74) is 1.93. The average molecular weight is 303 g/mol. The predicted octanol–water partition coefficient (Wildman–Crippen LogP) is 2.15. The van der Waals surface area contributed by atoms with Crippen LogP contribution in [0.5, 0.6) is 0 Å². The molecule has 0 bridgehead atoms. The van der Waals surface area contributed by atoms with Gasteiger partial charge in [-0.2, -0.15) is 0 Å². The first-order chi connectivity index (χ1) is 10.8. The number of carbonyl (C=O) groups is 1. The Hall–Kier alpha value is -2.05. The van der Waals surface area contributed by atoms with E-state index < -0.39 is 0 Å². The van der Waals surface area contributed by atoms with E-state index >= 15 is 0 Å². The van der Waals surface area contributed by atoms with Gasteiger partial charge in [0, 0.05) is 38.3 Å². The molecule has 1 saturated heterocycles. The van der Waals surface area contributed by atoms with E-state index in [1.165, 1.54) is 0 Å². The lowest BCUT2D eigenvalue weighted by Crippen LogP contribution is -2.43. The standard InChI is InChI=1S/C16H21N3O3/c1-21-9-6-19-12-14(13-4-2-3-5-15(13)19)17-16(20)18-7-10-22-11-8-18/h2-5,12H,6-11H2,1H3,(H,17,20). The Bertz CT molecular complexity index is 647. The van der Waals surface area contributed by atoms with Gasteiger partial charge in [0.1, 0.15) is 0 Å². The van der Waals surface area contributed by atoms with Gasteiger partial charge in [0.2, 0.25) is 0 Å². The summed E-state index contributed by atoms with van der Waals surface area (Å²) in [6.45, 7) is 3.86. The van der Waals surface area contributed by atoms with Gasteiger partial charge in [-0.25, -0.2) is 4.79 Å². The van der Waals surface area contributed by atoms with Gasteiger partial charge in [-0.1, -0.05) is 18.2 Å². The topological polar surface area (TPSA) is 55.7 Å². The van der Waals surface area contributed by atoms with Crippen LogP contribution in [0.2, 0.25) is 0 Å². The Morgan fingerprint density at radius 1 is 1.32 bits per heavy atom. The van der Waals surface area contributed by atoms with Crippen molar-refractivity contribution < 1.29 is 14.3 Å². The molecule has 0 saturated carbocycles. The minimum Gasteiger partial charge on any atom is -0.383 e. The zero-order valence-electron chi connectivity index (χ0n) is 12.7. The van der Waals surface area contributed by atoms with Crippen molar-refractivity contribution in [3.8, 4) is 0 Å². The lowest BCUT2D eigenvalue weighted by atomic mass is 10.2. The number of para-hydroxylation sites is 1. The number of benzene rings is 1. The first-order valence-corrected chi connectivity index (χ1v) is 7.50. The van der Waals surface area contributed by atoms with Crippen LogP contribution in [0.4, 0.5) is 10.5 Å². The number of anilines is 1. The number of hydrogen-bond acceptors (Lipinski definition) is 3. The minimum atomic E-state index is -0.0713. The van der Waals surface area contributed by atoms with Crippen molar-refractivity contribution in [2.24, 2.45) is 0 Å². The molecule has 6 nitrogen and oxygen atoms in total. The molecule has 0 unspecified atom stereocenters. The third-order valence-corrected chi connectivity index (χ3v) is 3.86. The van der Waals surface area contributed by atoms with Crippen molar-refractivity contribution >= 4 is 22.6 Å². The Balaban J connectivity index is 1.82. The maximum absolute atomic E-state index is 12.4. The molecule has 1 N–H and O–H groups in total. The molecule has 1 aromatic heterocycles. The summed E-state index contributed by atoms with van der Waals surface area (Å²) in [4.78, 5) is 14.1. The second-order valence-electron chi connectivity index (χ2n) is 5.28. The summed E-state index contributed by atoms with van der Waals surface area (Å²) in [5.74, 6) is 0. The van der Waals surface area contributed by atoms with Gasteiger partial charge in [-0.15, -0.1) is 0 Å². The Morgan fingerprint density at radius 2 is 2.09 bits per heavy atom. The number of amides is 2. The van der Waals surface area contributed by atoms with Crippen LogP contribution in [0.1, 0.15) is 0 Å². The molecular formula is C16H21N3O3. The van der Waals surface area contributed by atoms with E-state index in [4.69, 9.17) is 9.47 Å². The van der Waals surface area contributed by atoms with Crippen LogP contribution in [0, 0.1) is 0 Å². The van der Waals surface area contributed by atoms with Crippen LogP contribution in [0.15, 0.2) is 30.5 Å². The summed E-state index contributed by atoms with van der Waals surface area (Å²) in [7, 11) is 1.69. The summed E-state index contributed by atoms with van der Waals surface area (Å²) in [6, 6.07) is 7.98. The molecule has 6 heteroatoms. The SMILES string of the molecule is COCCn1cc(NC(=O)N2CCOCC2)c2ccccc21. The van der Waals surface area contributed by atoms with E-state index in [1.54, 1.807) is 12.0 Å². The normalized spacial score (nSPS) is 15.2. The van der Waals surface area contributed by atoms with E-state index in [0.717, 1.165) is 23.1 Å². The van der Waals surface area contributed by atoms with Crippen molar-refractivity contribution in [3.05, 3.63) is 30.5 Å². The molecule has 0 radical (unpaired) electrons. The summed E-state index contributed by atoms with van der Waals surface area (Å²) in [5, 5.41) is 4.06. The van der Waals surface area contributed by atoms with Crippen molar-refractivity contribution in [2.45, 2.75) is 6.54 Å². The zero-order valence-corrected chi connectivity index (χ0v) is 12.7. The lowest BCUT2D eigenvalue weighted by molar-refractivity contribution is 0.0565. The van der Waals surface area contributed by atoms with Gasteiger partial charge in [0.15, 0.2) is 0 Å². The van der Waals surface area contributed by atoms with Crippen LogP contribution in [-0.2, 0) is 16.0 Å². The van der Waals surface area contributed by atoms with E-state index in [2.05, 4.69) is 16.0 Å². The maximum atomic E-state index is 12.4. The highest BCUT2D eigenvalue weighted by Gasteiger charge is 2.18. The molecular weight excluding hydrogens is 282 g/mol. The number of rotatable bonds is 4. The lowest BCUT2D eigenvalue weighted by Gasteiger charge is -2.26. The quantitative estimate of drug-likeness (QED) is 0.941. The third kappa shape index (κ3) is 3.08. The predicted molar refractivity (Wildman–Crippen MR) is 85.2 cm³/mol. The molecule has 0 spiro atoms. The molecule has 1 aromatic carbocycles. The second-order valence-corrected chi connectivity index (χ2v) is 5.28. The number of morpholine rings is 1. The number of nitrogens with zero attached hydrogens (tertiary/aromatic N) is 2. The van der Waals surface area contributed by atoms with E-state index in [9.17, 15) is 4.79 Å². The highest BCUT2D eigenvalue weighted by atomic mass is 16.5. The van der Waals surface area contributed by atoms with Crippen molar-refractivity contribution in [1.29, 1.82) is 0 Å². The van der Waals surface area contributed by atoms with Crippen LogP contribution >= 0.6 is 0 Å². The molecule has 1 fully saturated rings. The number of ether oxygens (including phenoxy) is 2. The molecule has 2 aromatic rings. The monoisotopic (exact) mass is 303 g/mol. The Morgan fingerprint density at radius 3 is 2.86 bits per heavy atom. The van der Waals surface area contributed by atoms with Crippen molar-refractivity contribution in [2.75, 3.05) is 45.3 Å². The molecule has 118 valence electrons. The van der Waals surface area contributed by atoms with Gasteiger partial charge >= 0.3 is 6.03 Å². The molecule has 2 amide bonds. The molecule has 1 aliphatic heterocycles. The molecule has 2 heterocycles. The fourth-order valence-electron chi connectivity index (χ4n) is 2.68. The van der Waals surface area contributed by atoms with Gasteiger partial charge < -0.3 is 24.3 Å². The molecule has 0 aliphatic carbocycles. The maximum Gasteiger partial charge on any atom is 0.322 e. The molecule has 1 aliphatic rings. The second kappa shape index (κ2) is 6.81. The fourth-order valence-corrected chi connectivity index (χ4v) is 2.68. The number of hydrogen-bond donors (Lipinski definition) is 1. The Kier molecular flexibility index (Phi) is 4.60. The van der Waals surface area contributed by atoms with Crippen LogP contribution in [0.3, 0.4) is 0 Å². The van der Waals surface area contributed by atoms with Gasteiger partial charge in [-0.3, -0.25) is 0 Å². The smallest absolute Gasteiger partial charge is 0.322 e. The fraction of sp³-hybridized carbons (Fsp3) is 0.438. The minimum absolute atomic E-state index is 0.0713. The van der Waals surface area contributed by atoms with Crippen molar-refractivity contribution in [3.63, 3.8) is 0 Å². The van der Waals surface area contributed by atoms with Gasteiger partial charge in [0.05, 0.1) is 31.0 Å². The van der Waals surface area contributed by atoms with Crippen molar-refractivity contribution in [1.82, 2.24) is 9.47 Å². The highest BCUT2D eigenvalue weighted by Crippen LogP contribution is 2.26. The number of carbonyl (C=O) groups excluding carboxylic acids is 1. The van der Waals surface area contributed by atoms with E-state index in [-0.39, 0.29) is 6.03 Å². The largest absolute Gasteiger partial charge is 0.383 e. The van der Waals surface area contributed by atoms with Gasteiger partial charge in [-0.05, 0) is 6.07 Å². The number of methoxy groups -OCH3 is 1. The number of fused-ring (bicyclic) bond motifs is 1. The molecule has 22 heavy (non-hydrogen) atoms. The molecule has 0 atom stereocenters. The first-order valence-electron chi connectivity index (χ1n) is 7.50. The van der Waals surface area contributed by atoms with Crippen LogP contribution in [0.25, 0.3) is 10.9 Å². The van der Waals surface area contributed by atoms with Crippen LogP contribution in [-0.4, -0.2) is 55.5 Å². The number of aromatic nitrogens is 1. The average Bonchev–Trinajstić information content (AvgIpc) is 2.92. The van der Waals surface area contributed by atoms with E-state index in [1.807, 2.05) is 24.4 Å². The third-order valence-electron chi connectivity index (χ3n) is 3.86. The highest BCUT2D eigenvalue weighted by molar-refractivity contribution is 6.01. The first kappa shape index (κ1) is 14.9. The van der Waals surface area contributed by atoms with Gasteiger partial charge in [0.25, 0.3) is 0 Å². The number of nitrogens with one attached hydrogen (secondary N) is 1. The Labute approximate surface area is 129 Å². The van der Waals surface area contributed by atoms with E-state index in [0.29, 0.717) is 32.9 Å². The van der Waals surface area contributed by atoms with Crippen LogP contribution < -0.4 is 5.32 Å². The summed E-state index contributed by atoms with van der Waals surface area (Å²) >= 11 is 0. The number of urea groups is 1. The zero-order chi connectivity index (χ0) is 15.4. The summed E-state index contributed by atoms with van der Waals surface area (Å²) in [6.07, 6.45) is 1.97.